The largest absolute Gasteiger partial charge is 0.491 e. The zero-order valence-electron chi connectivity index (χ0n) is 12.5. The average Bonchev–Trinajstić information content (AvgIpc) is 3.06. The molecule has 1 N–H and O–H groups in total. The van der Waals surface area contributed by atoms with E-state index in [4.69, 9.17) is 4.74 Å². The van der Waals surface area contributed by atoms with E-state index >= 15 is 0 Å². The number of ether oxygens (including phenoxy) is 1. The van der Waals surface area contributed by atoms with Crippen LogP contribution in [-0.2, 0) is 16.6 Å². The van der Waals surface area contributed by atoms with Gasteiger partial charge in [0.1, 0.15) is 17.1 Å². The van der Waals surface area contributed by atoms with Gasteiger partial charge in [-0.15, -0.1) is 10.2 Å². The van der Waals surface area contributed by atoms with E-state index in [1.807, 2.05) is 13.8 Å². The fraction of sp³-hybridized carbons (Fsp3) is 0.308. The highest BCUT2D eigenvalue weighted by atomic mass is 32.2. The number of hydrogen-bond acceptors (Lipinski definition) is 7. The van der Waals surface area contributed by atoms with Crippen molar-refractivity contribution in [2.45, 2.75) is 31.4 Å². The quantitative estimate of drug-likeness (QED) is 0.720. The highest BCUT2D eigenvalue weighted by molar-refractivity contribution is 7.89. The minimum atomic E-state index is -3.61. The SMILES string of the molecule is CC(C)Oc1ccc(S(=O)(=O)NCc2nn3cnnc3s2)cc1. The van der Waals surface area contributed by atoms with Crippen molar-refractivity contribution in [2.24, 2.45) is 0 Å². The van der Waals surface area contributed by atoms with Crippen LogP contribution in [0.3, 0.4) is 0 Å². The van der Waals surface area contributed by atoms with E-state index in [1.165, 1.54) is 34.3 Å². The summed E-state index contributed by atoms with van der Waals surface area (Å²) in [7, 11) is -3.61. The Bertz CT molecular complexity index is 871. The van der Waals surface area contributed by atoms with Gasteiger partial charge in [0.15, 0.2) is 0 Å². The molecule has 122 valence electrons. The first-order valence-electron chi connectivity index (χ1n) is 6.86. The van der Waals surface area contributed by atoms with Gasteiger partial charge in [-0.2, -0.15) is 9.61 Å². The van der Waals surface area contributed by atoms with Crippen LogP contribution in [0.2, 0.25) is 0 Å². The van der Waals surface area contributed by atoms with E-state index in [1.54, 1.807) is 12.1 Å². The minimum Gasteiger partial charge on any atom is -0.491 e. The first-order valence-corrected chi connectivity index (χ1v) is 9.16. The van der Waals surface area contributed by atoms with Crippen molar-refractivity contribution < 1.29 is 13.2 Å². The lowest BCUT2D eigenvalue weighted by atomic mass is 10.3. The maximum absolute atomic E-state index is 12.3. The fourth-order valence-corrected chi connectivity index (χ4v) is 3.71. The molecule has 0 saturated heterocycles. The molecule has 0 aliphatic carbocycles. The third-order valence-electron chi connectivity index (χ3n) is 2.85. The number of rotatable bonds is 6. The molecule has 2 heterocycles. The standard InChI is InChI=1S/C13H15N5O3S2/c1-9(2)21-10-3-5-11(6-4-10)23(19,20)15-7-12-17-18-8-14-16-13(18)22-12/h3-6,8-9,15H,7H2,1-2H3. The van der Waals surface area contributed by atoms with Crippen molar-refractivity contribution >= 4 is 26.3 Å². The van der Waals surface area contributed by atoms with E-state index in [-0.39, 0.29) is 17.5 Å². The second-order valence-corrected chi connectivity index (χ2v) is 7.82. The third kappa shape index (κ3) is 3.66. The van der Waals surface area contributed by atoms with E-state index in [0.717, 1.165) is 0 Å². The number of benzene rings is 1. The first-order chi connectivity index (χ1) is 10.9. The van der Waals surface area contributed by atoms with Gasteiger partial charge < -0.3 is 4.74 Å². The van der Waals surface area contributed by atoms with Gasteiger partial charge in [-0.3, -0.25) is 0 Å². The van der Waals surface area contributed by atoms with E-state index in [2.05, 4.69) is 20.0 Å². The van der Waals surface area contributed by atoms with Crippen LogP contribution in [0.25, 0.3) is 4.96 Å². The van der Waals surface area contributed by atoms with Gasteiger partial charge in [0.05, 0.1) is 17.5 Å². The highest BCUT2D eigenvalue weighted by Crippen LogP contribution is 2.18. The molecule has 0 radical (unpaired) electrons. The van der Waals surface area contributed by atoms with Gasteiger partial charge in [-0.25, -0.2) is 13.1 Å². The van der Waals surface area contributed by atoms with Crippen molar-refractivity contribution in [2.75, 3.05) is 0 Å². The summed E-state index contributed by atoms with van der Waals surface area (Å²) in [4.78, 5) is 0.797. The van der Waals surface area contributed by atoms with Crippen LogP contribution in [-0.4, -0.2) is 34.3 Å². The molecule has 0 spiro atoms. The molecular formula is C13H15N5O3S2. The lowest BCUT2D eigenvalue weighted by molar-refractivity contribution is 0.242. The number of nitrogens with zero attached hydrogens (tertiary/aromatic N) is 4. The summed E-state index contributed by atoms with van der Waals surface area (Å²) in [6.45, 7) is 3.92. The molecule has 8 nitrogen and oxygen atoms in total. The van der Waals surface area contributed by atoms with E-state index < -0.39 is 10.0 Å². The summed E-state index contributed by atoms with van der Waals surface area (Å²) in [6.07, 6.45) is 1.51. The Morgan fingerprint density at radius 2 is 2.04 bits per heavy atom. The molecule has 0 amide bonds. The molecule has 3 aromatic rings. The Balaban J connectivity index is 1.69. The molecule has 1 aromatic carbocycles. The summed E-state index contributed by atoms with van der Waals surface area (Å²) >= 11 is 1.28. The van der Waals surface area contributed by atoms with E-state index in [0.29, 0.717) is 15.7 Å². The van der Waals surface area contributed by atoms with Gasteiger partial charge in [-0.1, -0.05) is 11.3 Å². The Morgan fingerprint density at radius 1 is 1.30 bits per heavy atom. The molecule has 0 atom stereocenters. The van der Waals surface area contributed by atoms with Crippen LogP contribution in [0.15, 0.2) is 35.5 Å². The van der Waals surface area contributed by atoms with Gasteiger partial charge >= 0.3 is 0 Å². The molecule has 0 fully saturated rings. The molecule has 3 rings (SSSR count). The molecule has 0 aliphatic rings. The monoisotopic (exact) mass is 353 g/mol. The zero-order chi connectivity index (χ0) is 16.4. The summed E-state index contributed by atoms with van der Waals surface area (Å²) in [5, 5.41) is 12.3. The highest BCUT2D eigenvalue weighted by Gasteiger charge is 2.15. The summed E-state index contributed by atoms with van der Waals surface area (Å²) in [5.41, 5.74) is 0. The van der Waals surface area contributed by atoms with Crippen molar-refractivity contribution in [3.05, 3.63) is 35.6 Å². The van der Waals surface area contributed by atoms with Crippen molar-refractivity contribution in [3.8, 4) is 5.75 Å². The molecule has 0 saturated carbocycles. The fourth-order valence-electron chi connectivity index (χ4n) is 1.88. The van der Waals surface area contributed by atoms with Crippen LogP contribution in [0.1, 0.15) is 18.9 Å². The lowest BCUT2D eigenvalue weighted by Gasteiger charge is -2.10. The van der Waals surface area contributed by atoms with Gasteiger partial charge in [0.2, 0.25) is 15.0 Å². The summed E-state index contributed by atoms with van der Waals surface area (Å²) < 4.78 is 34.1. The van der Waals surface area contributed by atoms with Crippen molar-refractivity contribution in [3.63, 3.8) is 0 Å². The number of aromatic nitrogens is 4. The van der Waals surface area contributed by atoms with Crippen LogP contribution in [0, 0.1) is 0 Å². The molecule has 10 heteroatoms. The predicted octanol–water partition coefficient (Wildman–Crippen LogP) is 1.45. The van der Waals surface area contributed by atoms with Crippen LogP contribution in [0.5, 0.6) is 5.75 Å². The van der Waals surface area contributed by atoms with Gasteiger partial charge in [0.25, 0.3) is 0 Å². The topological polar surface area (TPSA) is 98.5 Å². The number of nitrogens with one attached hydrogen (secondary N) is 1. The molecule has 2 aromatic heterocycles. The van der Waals surface area contributed by atoms with Crippen LogP contribution >= 0.6 is 11.3 Å². The Labute approximate surface area is 137 Å². The number of sulfonamides is 1. The Morgan fingerprint density at radius 3 is 2.70 bits per heavy atom. The smallest absolute Gasteiger partial charge is 0.240 e. The predicted molar refractivity (Wildman–Crippen MR) is 84.9 cm³/mol. The van der Waals surface area contributed by atoms with Crippen molar-refractivity contribution in [1.82, 2.24) is 24.5 Å². The molecule has 0 aliphatic heterocycles. The minimum absolute atomic E-state index is 0.0360. The lowest BCUT2D eigenvalue weighted by Crippen LogP contribution is -2.23. The third-order valence-corrected chi connectivity index (χ3v) is 5.18. The number of fused-ring (bicyclic) bond motifs is 1. The second kappa shape index (κ2) is 6.22. The molecular weight excluding hydrogens is 338 g/mol. The van der Waals surface area contributed by atoms with Crippen LogP contribution < -0.4 is 9.46 Å². The molecule has 0 unspecified atom stereocenters. The maximum Gasteiger partial charge on any atom is 0.240 e. The first kappa shape index (κ1) is 15.8. The van der Waals surface area contributed by atoms with Gasteiger partial charge in [0, 0.05) is 0 Å². The number of hydrogen-bond donors (Lipinski definition) is 1. The Kier molecular flexibility index (Phi) is 4.28. The van der Waals surface area contributed by atoms with Crippen LogP contribution in [0.4, 0.5) is 0 Å². The van der Waals surface area contributed by atoms with Crippen molar-refractivity contribution in [1.29, 1.82) is 0 Å². The Hall–Kier alpha value is -2.04. The van der Waals surface area contributed by atoms with Gasteiger partial charge in [-0.05, 0) is 38.1 Å². The molecule has 0 bridgehead atoms. The normalized spacial score (nSPS) is 12.1. The second-order valence-electron chi connectivity index (χ2n) is 5.02. The zero-order valence-corrected chi connectivity index (χ0v) is 14.1. The maximum atomic E-state index is 12.3. The summed E-state index contributed by atoms with van der Waals surface area (Å²) in [5.74, 6) is 0.632. The average molecular weight is 353 g/mol. The molecule has 23 heavy (non-hydrogen) atoms. The summed E-state index contributed by atoms with van der Waals surface area (Å²) in [6, 6.07) is 6.30. The van der Waals surface area contributed by atoms with E-state index in [9.17, 15) is 8.42 Å².